The van der Waals surface area contributed by atoms with Crippen LogP contribution in [0.15, 0.2) is 42.5 Å². The van der Waals surface area contributed by atoms with Gasteiger partial charge in [0.25, 0.3) is 5.91 Å². The van der Waals surface area contributed by atoms with Crippen LogP contribution in [0.25, 0.3) is 0 Å². The molecule has 0 radical (unpaired) electrons. The molecule has 0 aliphatic heterocycles. The lowest BCUT2D eigenvalue weighted by Gasteiger charge is -2.10. The number of nitrogens with one attached hydrogen (secondary N) is 1. The number of aromatic nitrogens is 1. The summed E-state index contributed by atoms with van der Waals surface area (Å²) in [5.74, 6) is 1.71. The number of thiazole rings is 1. The predicted molar refractivity (Wildman–Crippen MR) is 110 cm³/mol. The Morgan fingerprint density at radius 2 is 1.75 bits per heavy atom. The van der Waals surface area contributed by atoms with Crippen molar-refractivity contribution in [2.45, 2.75) is 20.5 Å². The van der Waals surface area contributed by atoms with Gasteiger partial charge >= 0.3 is 0 Å². The Labute approximate surface area is 168 Å². The topological polar surface area (TPSA) is 69.7 Å². The third kappa shape index (κ3) is 4.61. The molecule has 7 heteroatoms. The smallest absolute Gasteiger partial charge is 0.267 e. The van der Waals surface area contributed by atoms with Crippen molar-refractivity contribution in [1.29, 1.82) is 0 Å². The highest BCUT2D eigenvalue weighted by molar-refractivity contribution is 7.13. The van der Waals surface area contributed by atoms with Crippen LogP contribution in [0, 0.1) is 13.8 Å². The highest BCUT2D eigenvalue weighted by atomic mass is 32.1. The number of amides is 1. The largest absolute Gasteiger partial charge is 0.493 e. The molecule has 0 atom stereocenters. The zero-order valence-electron chi connectivity index (χ0n) is 16.2. The van der Waals surface area contributed by atoms with Gasteiger partial charge in [0, 0.05) is 11.8 Å². The zero-order valence-corrected chi connectivity index (χ0v) is 17.1. The summed E-state index contributed by atoms with van der Waals surface area (Å²) in [5, 5.41) is 3.62. The van der Waals surface area contributed by atoms with Crippen LogP contribution in [0.3, 0.4) is 0 Å². The van der Waals surface area contributed by atoms with Crippen LogP contribution < -0.4 is 19.5 Å². The highest BCUT2D eigenvalue weighted by Crippen LogP contribution is 2.30. The molecular formula is C21H22N2O4S. The molecule has 0 aliphatic carbocycles. The van der Waals surface area contributed by atoms with E-state index >= 15 is 0 Å². The SMILES string of the molecule is COc1ccc(NC(=O)c2sc(COc3ccc(C)cc3)nc2C)cc1OC. The number of hydrogen-bond donors (Lipinski definition) is 1. The van der Waals surface area contributed by atoms with Gasteiger partial charge in [-0.05, 0) is 38.1 Å². The van der Waals surface area contributed by atoms with E-state index in [0.717, 1.165) is 10.8 Å². The number of methoxy groups -OCH3 is 2. The first kappa shape index (κ1) is 19.7. The van der Waals surface area contributed by atoms with E-state index in [4.69, 9.17) is 14.2 Å². The van der Waals surface area contributed by atoms with Crippen molar-refractivity contribution >= 4 is 22.9 Å². The van der Waals surface area contributed by atoms with Crippen LogP contribution in [0.2, 0.25) is 0 Å². The maximum atomic E-state index is 12.7. The number of benzene rings is 2. The lowest BCUT2D eigenvalue weighted by Crippen LogP contribution is -2.11. The molecule has 0 saturated heterocycles. The minimum Gasteiger partial charge on any atom is -0.493 e. The summed E-state index contributed by atoms with van der Waals surface area (Å²) in [6, 6.07) is 13.0. The molecule has 1 amide bonds. The Kier molecular flexibility index (Phi) is 6.16. The van der Waals surface area contributed by atoms with Crippen molar-refractivity contribution in [3.8, 4) is 17.2 Å². The van der Waals surface area contributed by atoms with Gasteiger partial charge in [0.1, 0.15) is 22.2 Å². The summed E-state index contributed by atoms with van der Waals surface area (Å²) < 4.78 is 16.2. The Bertz CT molecular complexity index is 967. The van der Waals surface area contributed by atoms with E-state index in [1.165, 1.54) is 16.9 Å². The lowest BCUT2D eigenvalue weighted by molar-refractivity contribution is 0.103. The van der Waals surface area contributed by atoms with Crippen LogP contribution in [-0.4, -0.2) is 25.1 Å². The number of carbonyl (C=O) groups excluding carboxylic acids is 1. The first-order chi connectivity index (χ1) is 13.5. The molecule has 1 heterocycles. The molecule has 0 bridgehead atoms. The molecule has 3 aromatic rings. The summed E-state index contributed by atoms with van der Waals surface area (Å²) in [7, 11) is 3.12. The zero-order chi connectivity index (χ0) is 20.1. The molecule has 2 aromatic carbocycles. The fraction of sp³-hybridized carbons (Fsp3) is 0.238. The van der Waals surface area contributed by atoms with E-state index in [0.29, 0.717) is 34.4 Å². The van der Waals surface area contributed by atoms with Crippen molar-refractivity contribution < 1.29 is 19.0 Å². The van der Waals surface area contributed by atoms with E-state index in [1.54, 1.807) is 32.4 Å². The summed E-state index contributed by atoms with van der Waals surface area (Å²) >= 11 is 1.32. The third-order valence-electron chi connectivity index (χ3n) is 4.07. The first-order valence-electron chi connectivity index (χ1n) is 8.69. The second-order valence-corrected chi connectivity index (χ2v) is 7.23. The second kappa shape index (κ2) is 8.75. The number of aryl methyl sites for hydroxylation is 2. The van der Waals surface area contributed by atoms with Gasteiger partial charge in [-0.3, -0.25) is 4.79 Å². The summed E-state index contributed by atoms with van der Waals surface area (Å²) in [4.78, 5) is 17.7. The molecule has 0 unspecified atom stereocenters. The van der Waals surface area contributed by atoms with Gasteiger partial charge in [-0.25, -0.2) is 4.98 Å². The van der Waals surface area contributed by atoms with Gasteiger partial charge in [0.05, 0.1) is 19.9 Å². The summed E-state index contributed by atoms with van der Waals surface area (Å²) in [6.07, 6.45) is 0. The minimum atomic E-state index is -0.219. The van der Waals surface area contributed by atoms with Gasteiger partial charge in [0.15, 0.2) is 11.5 Å². The number of rotatable bonds is 7. The van der Waals surface area contributed by atoms with Crippen molar-refractivity contribution in [1.82, 2.24) is 4.98 Å². The maximum Gasteiger partial charge on any atom is 0.267 e. The standard InChI is InChI=1S/C21H22N2O4S/c1-13-5-8-16(9-6-13)27-12-19-22-14(2)20(28-19)21(24)23-15-7-10-17(25-3)18(11-15)26-4/h5-11H,12H2,1-4H3,(H,23,24). The Balaban J connectivity index is 1.68. The minimum absolute atomic E-state index is 0.219. The van der Waals surface area contributed by atoms with Crippen LogP contribution >= 0.6 is 11.3 Å². The van der Waals surface area contributed by atoms with Crippen LogP contribution in [0.5, 0.6) is 17.2 Å². The Morgan fingerprint density at radius 1 is 1.04 bits per heavy atom. The molecule has 3 rings (SSSR count). The average molecular weight is 398 g/mol. The highest BCUT2D eigenvalue weighted by Gasteiger charge is 2.17. The van der Waals surface area contributed by atoms with Crippen LogP contribution in [0.4, 0.5) is 5.69 Å². The predicted octanol–water partition coefficient (Wildman–Crippen LogP) is 4.61. The molecule has 28 heavy (non-hydrogen) atoms. The van der Waals surface area contributed by atoms with Gasteiger partial charge in [-0.2, -0.15) is 0 Å². The molecular weight excluding hydrogens is 376 g/mol. The van der Waals surface area contributed by atoms with E-state index in [-0.39, 0.29) is 5.91 Å². The Hall–Kier alpha value is -3.06. The number of nitrogens with zero attached hydrogens (tertiary/aromatic N) is 1. The summed E-state index contributed by atoms with van der Waals surface area (Å²) in [5.41, 5.74) is 2.46. The maximum absolute atomic E-state index is 12.7. The fourth-order valence-electron chi connectivity index (χ4n) is 2.61. The van der Waals surface area contributed by atoms with Crippen molar-refractivity contribution in [2.24, 2.45) is 0 Å². The number of carbonyl (C=O) groups is 1. The van der Waals surface area contributed by atoms with Gasteiger partial charge < -0.3 is 19.5 Å². The van der Waals surface area contributed by atoms with Gasteiger partial charge in [-0.15, -0.1) is 11.3 Å². The van der Waals surface area contributed by atoms with E-state index in [1.807, 2.05) is 38.1 Å². The lowest BCUT2D eigenvalue weighted by atomic mass is 10.2. The molecule has 0 saturated carbocycles. The molecule has 0 aliphatic rings. The quantitative estimate of drug-likeness (QED) is 0.629. The Morgan fingerprint density at radius 3 is 2.43 bits per heavy atom. The van der Waals surface area contributed by atoms with Gasteiger partial charge in [-0.1, -0.05) is 17.7 Å². The number of anilines is 1. The molecule has 1 aromatic heterocycles. The van der Waals surface area contributed by atoms with E-state index < -0.39 is 0 Å². The molecule has 0 spiro atoms. The second-order valence-electron chi connectivity index (χ2n) is 6.15. The van der Waals surface area contributed by atoms with Crippen LogP contribution in [-0.2, 0) is 6.61 Å². The average Bonchev–Trinajstić information content (AvgIpc) is 3.08. The van der Waals surface area contributed by atoms with Crippen molar-refractivity contribution in [3.63, 3.8) is 0 Å². The first-order valence-corrected chi connectivity index (χ1v) is 9.51. The normalized spacial score (nSPS) is 10.4. The van der Waals surface area contributed by atoms with Crippen molar-refractivity contribution in [2.75, 3.05) is 19.5 Å². The van der Waals surface area contributed by atoms with Gasteiger partial charge in [0.2, 0.25) is 0 Å². The number of ether oxygens (including phenoxy) is 3. The molecule has 1 N–H and O–H groups in total. The van der Waals surface area contributed by atoms with Crippen molar-refractivity contribution in [3.05, 3.63) is 63.6 Å². The fourth-order valence-corrected chi connectivity index (χ4v) is 3.48. The van der Waals surface area contributed by atoms with E-state index in [9.17, 15) is 4.79 Å². The summed E-state index contributed by atoms with van der Waals surface area (Å²) in [6.45, 7) is 4.16. The molecule has 0 fully saturated rings. The van der Waals surface area contributed by atoms with Crippen LogP contribution in [0.1, 0.15) is 25.9 Å². The number of hydrogen-bond acceptors (Lipinski definition) is 6. The van der Waals surface area contributed by atoms with E-state index in [2.05, 4.69) is 10.3 Å². The molecule has 6 nitrogen and oxygen atoms in total. The third-order valence-corrected chi connectivity index (χ3v) is 5.20. The molecule has 146 valence electrons. The monoisotopic (exact) mass is 398 g/mol.